The summed E-state index contributed by atoms with van der Waals surface area (Å²) in [4.78, 5) is 8.87. The quantitative estimate of drug-likeness (QED) is 0.220. The van der Waals surface area contributed by atoms with Crippen LogP contribution in [0.3, 0.4) is 0 Å². The molecule has 160 valence electrons. The first-order valence-corrected chi connectivity index (χ1v) is 9.77. The molecule has 0 aliphatic carbocycles. The molecule has 2 aromatic rings. The SMILES string of the molecule is CCNC(=NCc1ccc(C)cc1OCCOC)NCCc1ccncc1C.I. The normalized spacial score (nSPS) is 11.0. The van der Waals surface area contributed by atoms with E-state index >= 15 is 0 Å². The lowest BCUT2D eigenvalue weighted by molar-refractivity contribution is 0.145. The van der Waals surface area contributed by atoms with Gasteiger partial charge in [-0.2, -0.15) is 0 Å². The van der Waals surface area contributed by atoms with Gasteiger partial charge in [0.25, 0.3) is 0 Å². The Hall–Kier alpha value is -1.87. The van der Waals surface area contributed by atoms with Crippen molar-refractivity contribution in [3.8, 4) is 5.75 Å². The highest BCUT2D eigenvalue weighted by Crippen LogP contribution is 2.21. The molecule has 1 heterocycles. The molecule has 7 heteroatoms. The number of aryl methyl sites for hydroxylation is 2. The van der Waals surface area contributed by atoms with Crippen molar-refractivity contribution < 1.29 is 9.47 Å². The van der Waals surface area contributed by atoms with Crippen molar-refractivity contribution in [3.63, 3.8) is 0 Å². The molecular weight excluding hydrogens is 479 g/mol. The lowest BCUT2D eigenvalue weighted by atomic mass is 10.1. The molecule has 2 rings (SSSR count). The van der Waals surface area contributed by atoms with E-state index in [1.54, 1.807) is 7.11 Å². The molecule has 1 aromatic heterocycles. The second-order valence-electron chi connectivity index (χ2n) is 6.63. The maximum atomic E-state index is 5.86. The van der Waals surface area contributed by atoms with Crippen LogP contribution in [-0.4, -0.2) is 44.4 Å². The van der Waals surface area contributed by atoms with Crippen LogP contribution in [-0.2, 0) is 17.7 Å². The van der Waals surface area contributed by atoms with Gasteiger partial charge in [0.2, 0.25) is 0 Å². The predicted octanol–water partition coefficient (Wildman–Crippen LogP) is 3.64. The largest absolute Gasteiger partial charge is 0.491 e. The smallest absolute Gasteiger partial charge is 0.191 e. The summed E-state index contributed by atoms with van der Waals surface area (Å²) in [5, 5.41) is 6.71. The van der Waals surface area contributed by atoms with Crippen molar-refractivity contribution in [2.45, 2.75) is 33.7 Å². The molecule has 0 bridgehead atoms. The predicted molar refractivity (Wildman–Crippen MR) is 129 cm³/mol. The van der Waals surface area contributed by atoms with Gasteiger partial charge in [0.15, 0.2) is 5.96 Å². The minimum Gasteiger partial charge on any atom is -0.491 e. The summed E-state index contributed by atoms with van der Waals surface area (Å²) in [6, 6.07) is 8.27. The van der Waals surface area contributed by atoms with Gasteiger partial charge in [-0.3, -0.25) is 4.98 Å². The van der Waals surface area contributed by atoms with Crippen molar-refractivity contribution in [2.24, 2.45) is 4.99 Å². The number of halogens is 1. The Morgan fingerprint density at radius 2 is 1.93 bits per heavy atom. The van der Waals surface area contributed by atoms with Crippen molar-refractivity contribution >= 4 is 29.9 Å². The number of hydrogen-bond acceptors (Lipinski definition) is 4. The molecule has 2 N–H and O–H groups in total. The number of rotatable bonds is 10. The zero-order valence-corrected chi connectivity index (χ0v) is 20.2. The fourth-order valence-electron chi connectivity index (χ4n) is 2.77. The number of ether oxygens (including phenoxy) is 2. The van der Waals surface area contributed by atoms with Crippen LogP contribution in [0.1, 0.15) is 29.2 Å². The van der Waals surface area contributed by atoms with Gasteiger partial charge in [-0.05, 0) is 56.0 Å². The van der Waals surface area contributed by atoms with Crippen LogP contribution in [0.4, 0.5) is 0 Å². The first-order chi connectivity index (χ1) is 13.6. The summed E-state index contributed by atoms with van der Waals surface area (Å²) in [7, 11) is 1.67. The number of hydrogen-bond donors (Lipinski definition) is 2. The summed E-state index contributed by atoms with van der Waals surface area (Å²) in [5.74, 6) is 1.67. The van der Waals surface area contributed by atoms with Crippen LogP contribution >= 0.6 is 24.0 Å². The highest BCUT2D eigenvalue weighted by atomic mass is 127. The number of nitrogens with one attached hydrogen (secondary N) is 2. The lowest BCUT2D eigenvalue weighted by Gasteiger charge is -2.14. The first-order valence-electron chi connectivity index (χ1n) is 9.77. The van der Waals surface area contributed by atoms with Crippen LogP contribution in [0, 0.1) is 13.8 Å². The Morgan fingerprint density at radius 3 is 2.66 bits per heavy atom. The maximum absolute atomic E-state index is 5.86. The molecule has 0 atom stereocenters. The van der Waals surface area contributed by atoms with Gasteiger partial charge in [-0.15, -0.1) is 24.0 Å². The van der Waals surface area contributed by atoms with E-state index in [4.69, 9.17) is 14.5 Å². The van der Waals surface area contributed by atoms with Crippen LogP contribution in [0.25, 0.3) is 0 Å². The number of methoxy groups -OCH3 is 1. The summed E-state index contributed by atoms with van der Waals surface area (Å²) < 4.78 is 10.9. The van der Waals surface area contributed by atoms with Crippen LogP contribution < -0.4 is 15.4 Å². The highest BCUT2D eigenvalue weighted by molar-refractivity contribution is 14.0. The topological polar surface area (TPSA) is 67.8 Å². The van der Waals surface area contributed by atoms with Crippen molar-refractivity contribution in [2.75, 3.05) is 33.4 Å². The van der Waals surface area contributed by atoms with E-state index in [1.807, 2.05) is 18.5 Å². The fourth-order valence-corrected chi connectivity index (χ4v) is 2.77. The van der Waals surface area contributed by atoms with E-state index < -0.39 is 0 Å². The number of benzene rings is 1. The molecule has 6 nitrogen and oxygen atoms in total. The summed E-state index contributed by atoms with van der Waals surface area (Å²) in [5.41, 5.74) is 4.73. The van der Waals surface area contributed by atoms with Gasteiger partial charge in [-0.1, -0.05) is 12.1 Å². The Kier molecular flexibility index (Phi) is 12.3. The Balaban J connectivity index is 0.00000420. The van der Waals surface area contributed by atoms with E-state index in [2.05, 4.69) is 54.6 Å². The van der Waals surface area contributed by atoms with Gasteiger partial charge >= 0.3 is 0 Å². The third kappa shape index (κ3) is 8.99. The van der Waals surface area contributed by atoms with Crippen LogP contribution in [0.2, 0.25) is 0 Å². The second kappa shape index (κ2) is 14.2. The van der Waals surface area contributed by atoms with Gasteiger partial charge in [0.1, 0.15) is 12.4 Å². The van der Waals surface area contributed by atoms with E-state index in [9.17, 15) is 0 Å². The number of aliphatic imine (C=N–C) groups is 1. The summed E-state index contributed by atoms with van der Waals surface area (Å²) >= 11 is 0. The van der Waals surface area contributed by atoms with Gasteiger partial charge in [-0.25, -0.2) is 4.99 Å². The third-order valence-electron chi connectivity index (χ3n) is 4.34. The van der Waals surface area contributed by atoms with E-state index in [1.165, 1.54) is 11.1 Å². The average Bonchev–Trinajstić information content (AvgIpc) is 2.69. The molecule has 0 saturated carbocycles. The van der Waals surface area contributed by atoms with E-state index in [-0.39, 0.29) is 24.0 Å². The molecule has 0 amide bonds. The number of guanidine groups is 1. The lowest BCUT2D eigenvalue weighted by Crippen LogP contribution is -2.38. The van der Waals surface area contributed by atoms with Gasteiger partial charge in [0, 0.05) is 38.2 Å². The zero-order chi connectivity index (χ0) is 20.2. The third-order valence-corrected chi connectivity index (χ3v) is 4.34. The van der Waals surface area contributed by atoms with Crippen molar-refractivity contribution in [1.29, 1.82) is 0 Å². The molecule has 29 heavy (non-hydrogen) atoms. The number of aromatic nitrogens is 1. The fraction of sp³-hybridized carbons (Fsp3) is 0.455. The standard InChI is InChI=1S/C22H32N4O2.HI/c1-5-24-22(25-11-9-19-8-10-23-15-18(19)3)26-16-20-7-6-17(2)14-21(20)28-13-12-27-4;/h6-8,10,14-15H,5,9,11-13,16H2,1-4H3,(H2,24,25,26);1H. The van der Waals surface area contributed by atoms with Crippen molar-refractivity contribution in [1.82, 2.24) is 15.6 Å². The minimum absolute atomic E-state index is 0. The summed E-state index contributed by atoms with van der Waals surface area (Å²) in [6.45, 7) is 9.47. The minimum atomic E-state index is 0. The summed E-state index contributed by atoms with van der Waals surface area (Å²) in [6.07, 6.45) is 4.66. The van der Waals surface area contributed by atoms with E-state index in [0.717, 1.165) is 42.3 Å². The van der Waals surface area contributed by atoms with Gasteiger partial charge in [0.05, 0.1) is 13.2 Å². The molecule has 0 unspecified atom stereocenters. The monoisotopic (exact) mass is 512 g/mol. The zero-order valence-electron chi connectivity index (χ0n) is 17.8. The Bertz CT molecular complexity index is 768. The molecule has 1 aromatic carbocycles. The molecule has 0 radical (unpaired) electrons. The highest BCUT2D eigenvalue weighted by Gasteiger charge is 2.06. The first kappa shape index (κ1) is 25.2. The Labute approximate surface area is 191 Å². The van der Waals surface area contributed by atoms with Gasteiger partial charge < -0.3 is 20.1 Å². The molecular formula is C22H33IN4O2. The number of pyridine rings is 1. The average molecular weight is 512 g/mol. The number of nitrogens with zero attached hydrogens (tertiary/aromatic N) is 2. The molecule has 0 aliphatic heterocycles. The van der Waals surface area contributed by atoms with Crippen LogP contribution in [0.5, 0.6) is 5.75 Å². The molecule has 0 fully saturated rings. The van der Waals surface area contributed by atoms with Crippen molar-refractivity contribution in [3.05, 3.63) is 58.9 Å². The molecule has 0 saturated heterocycles. The Morgan fingerprint density at radius 1 is 1.10 bits per heavy atom. The molecule has 0 aliphatic rings. The van der Waals surface area contributed by atoms with E-state index in [0.29, 0.717) is 19.8 Å². The second-order valence-corrected chi connectivity index (χ2v) is 6.63. The van der Waals surface area contributed by atoms with Crippen LogP contribution in [0.15, 0.2) is 41.7 Å². The molecule has 0 spiro atoms. The maximum Gasteiger partial charge on any atom is 0.191 e.